The summed E-state index contributed by atoms with van der Waals surface area (Å²) in [6.45, 7) is 2.91. The Morgan fingerprint density at radius 2 is 1.94 bits per heavy atom. The predicted molar refractivity (Wildman–Crippen MR) is 66.4 cm³/mol. The van der Waals surface area contributed by atoms with E-state index in [-0.39, 0.29) is 12.5 Å². The van der Waals surface area contributed by atoms with E-state index in [1.807, 2.05) is 0 Å². The van der Waals surface area contributed by atoms with Crippen molar-refractivity contribution in [2.45, 2.75) is 51.6 Å². The molecule has 1 saturated heterocycles. The van der Waals surface area contributed by atoms with Crippen LogP contribution in [0.5, 0.6) is 0 Å². The van der Waals surface area contributed by atoms with Crippen LogP contribution in [0.1, 0.15) is 45.4 Å². The summed E-state index contributed by atoms with van der Waals surface area (Å²) >= 11 is 0. The Morgan fingerprint density at radius 1 is 1.17 bits per heavy atom. The summed E-state index contributed by atoms with van der Waals surface area (Å²) in [5.74, 6) is 0.615. The van der Waals surface area contributed by atoms with Gasteiger partial charge in [-0.2, -0.15) is 0 Å². The SMILES string of the molecule is CC1COOOCCCCCCC1CC(O)CO. The second kappa shape index (κ2) is 9.69. The molecule has 1 aliphatic rings. The van der Waals surface area contributed by atoms with E-state index >= 15 is 0 Å². The zero-order chi connectivity index (χ0) is 13.2. The number of rotatable bonds is 3. The molecule has 1 fully saturated rings. The third-order valence-corrected chi connectivity index (χ3v) is 3.57. The lowest BCUT2D eigenvalue weighted by Gasteiger charge is -2.25. The van der Waals surface area contributed by atoms with E-state index in [1.54, 1.807) is 0 Å². The normalized spacial score (nSPS) is 30.2. The molecule has 1 rings (SSSR count). The first-order valence-electron chi connectivity index (χ1n) is 6.94. The summed E-state index contributed by atoms with van der Waals surface area (Å²) in [5.41, 5.74) is 0. The Kier molecular flexibility index (Phi) is 8.54. The average molecular weight is 262 g/mol. The Balaban J connectivity index is 2.41. The van der Waals surface area contributed by atoms with Crippen molar-refractivity contribution in [3.05, 3.63) is 0 Å². The minimum atomic E-state index is -0.637. The van der Waals surface area contributed by atoms with Crippen LogP contribution < -0.4 is 0 Å². The molecular formula is C13H26O5. The van der Waals surface area contributed by atoms with E-state index in [0.29, 0.717) is 25.6 Å². The van der Waals surface area contributed by atoms with Crippen molar-refractivity contribution < 1.29 is 25.0 Å². The Labute approximate surface area is 109 Å². The van der Waals surface area contributed by atoms with Gasteiger partial charge in [0.2, 0.25) is 0 Å². The molecule has 0 aromatic heterocycles. The van der Waals surface area contributed by atoms with E-state index in [0.717, 1.165) is 25.7 Å². The highest BCUT2D eigenvalue weighted by atomic mass is 17.5. The molecule has 0 bridgehead atoms. The first-order chi connectivity index (χ1) is 8.74. The molecule has 3 atom stereocenters. The molecule has 5 heteroatoms. The van der Waals surface area contributed by atoms with E-state index in [4.69, 9.17) is 14.9 Å². The molecule has 0 amide bonds. The van der Waals surface area contributed by atoms with Crippen LogP contribution in [0.25, 0.3) is 0 Å². The average Bonchev–Trinajstić information content (AvgIpc) is 2.37. The van der Waals surface area contributed by atoms with Crippen molar-refractivity contribution in [3.63, 3.8) is 0 Å². The van der Waals surface area contributed by atoms with E-state index in [1.165, 1.54) is 6.42 Å². The van der Waals surface area contributed by atoms with Crippen LogP contribution in [-0.2, 0) is 14.8 Å². The topological polar surface area (TPSA) is 68.2 Å². The summed E-state index contributed by atoms with van der Waals surface area (Å²) in [6, 6.07) is 0. The van der Waals surface area contributed by atoms with Gasteiger partial charge in [-0.3, -0.25) is 0 Å². The van der Waals surface area contributed by atoms with Gasteiger partial charge in [0.25, 0.3) is 0 Å². The summed E-state index contributed by atoms with van der Waals surface area (Å²) < 4.78 is 0. The standard InChI is InChI=1S/C13H26O5/c1-11-10-17-18-16-7-5-3-2-4-6-12(11)8-13(15)9-14/h11-15H,2-10H2,1H3. The van der Waals surface area contributed by atoms with Gasteiger partial charge in [-0.1, -0.05) is 37.6 Å². The smallest absolute Gasteiger partial charge is 0.0882 e. The zero-order valence-electron chi connectivity index (χ0n) is 11.2. The van der Waals surface area contributed by atoms with Crippen LogP contribution in [0.15, 0.2) is 0 Å². The molecule has 1 heterocycles. The van der Waals surface area contributed by atoms with Crippen molar-refractivity contribution in [1.82, 2.24) is 0 Å². The van der Waals surface area contributed by atoms with Gasteiger partial charge in [0.05, 0.1) is 25.9 Å². The minimum Gasteiger partial charge on any atom is -0.394 e. The molecule has 1 aliphatic heterocycles. The number of aliphatic hydroxyl groups is 2. The molecular weight excluding hydrogens is 236 g/mol. The largest absolute Gasteiger partial charge is 0.394 e. The fourth-order valence-electron chi connectivity index (χ4n) is 2.32. The van der Waals surface area contributed by atoms with E-state index in [9.17, 15) is 5.11 Å². The van der Waals surface area contributed by atoms with Crippen LogP contribution in [0, 0.1) is 11.8 Å². The van der Waals surface area contributed by atoms with Crippen molar-refractivity contribution in [3.8, 4) is 0 Å². The van der Waals surface area contributed by atoms with Gasteiger partial charge in [-0.25, -0.2) is 9.78 Å². The third-order valence-electron chi connectivity index (χ3n) is 3.57. The van der Waals surface area contributed by atoms with Gasteiger partial charge >= 0.3 is 0 Å². The maximum Gasteiger partial charge on any atom is 0.0882 e. The molecule has 0 aromatic carbocycles. The first-order valence-corrected chi connectivity index (χ1v) is 6.94. The van der Waals surface area contributed by atoms with Gasteiger partial charge in [0.15, 0.2) is 0 Å². The van der Waals surface area contributed by atoms with Crippen molar-refractivity contribution in [1.29, 1.82) is 0 Å². The van der Waals surface area contributed by atoms with Crippen LogP contribution in [0.3, 0.4) is 0 Å². The lowest BCUT2D eigenvalue weighted by molar-refractivity contribution is -0.515. The van der Waals surface area contributed by atoms with Crippen molar-refractivity contribution in [2.75, 3.05) is 19.8 Å². The fourth-order valence-corrected chi connectivity index (χ4v) is 2.32. The molecule has 0 radical (unpaired) electrons. The molecule has 108 valence electrons. The third kappa shape index (κ3) is 6.66. The lowest BCUT2D eigenvalue weighted by atomic mass is 9.85. The molecule has 0 aromatic rings. The molecule has 18 heavy (non-hydrogen) atoms. The van der Waals surface area contributed by atoms with Gasteiger partial charge < -0.3 is 10.2 Å². The highest BCUT2D eigenvalue weighted by Crippen LogP contribution is 2.25. The lowest BCUT2D eigenvalue weighted by Crippen LogP contribution is -2.25. The molecule has 0 aliphatic carbocycles. The molecule has 3 unspecified atom stereocenters. The zero-order valence-corrected chi connectivity index (χ0v) is 11.2. The van der Waals surface area contributed by atoms with Gasteiger partial charge in [0, 0.05) is 0 Å². The number of hydrogen-bond donors (Lipinski definition) is 2. The van der Waals surface area contributed by atoms with Gasteiger partial charge in [-0.05, 0) is 24.7 Å². The first kappa shape index (κ1) is 15.9. The molecule has 2 N–H and O–H groups in total. The van der Waals surface area contributed by atoms with E-state index in [2.05, 4.69) is 12.0 Å². The van der Waals surface area contributed by atoms with Crippen LogP contribution >= 0.6 is 0 Å². The quantitative estimate of drug-likeness (QED) is 0.759. The van der Waals surface area contributed by atoms with Crippen molar-refractivity contribution >= 4 is 0 Å². The van der Waals surface area contributed by atoms with Gasteiger partial charge in [0.1, 0.15) is 0 Å². The summed E-state index contributed by atoms with van der Waals surface area (Å²) in [4.78, 5) is 9.88. The second-order valence-corrected chi connectivity index (χ2v) is 5.19. The molecule has 0 spiro atoms. The molecule has 5 nitrogen and oxygen atoms in total. The predicted octanol–water partition coefficient (Wildman–Crippen LogP) is 1.83. The summed E-state index contributed by atoms with van der Waals surface area (Å²) in [6.07, 6.45) is 5.44. The Hall–Kier alpha value is -0.200. The maximum absolute atomic E-state index is 9.57. The van der Waals surface area contributed by atoms with Crippen LogP contribution in [0.2, 0.25) is 0 Å². The minimum absolute atomic E-state index is 0.177. The monoisotopic (exact) mass is 262 g/mol. The van der Waals surface area contributed by atoms with Crippen LogP contribution in [0.4, 0.5) is 0 Å². The summed E-state index contributed by atoms with van der Waals surface area (Å²) in [5, 5.41) is 23.1. The Morgan fingerprint density at radius 3 is 2.72 bits per heavy atom. The number of aliphatic hydroxyl groups excluding tert-OH is 2. The second-order valence-electron chi connectivity index (χ2n) is 5.19. The summed E-state index contributed by atoms with van der Waals surface area (Å²) in [7, 11) is 0. The molecule has 0 saturated carbocycles. The maximum atomic E-state index is 9.57. The highest BCUT2D eigenvalue weighted by molar-refractivity contribution is 4.70. The van der Waals surface area contributed by atoms with Crippen LogP contribution in [-0.4, -0.2) is 36.1 Å². The van der Waals surface area contributed by atoms with E-state index < -0.39 is 6.10 Å². The number of hydrogen-bond acceptors (Lipinski definition) is 5. The fraction of sp³-hybridized carbons (Fsp3) is 1.00. The van der Waals surface area contributed by atoms with Crippen molar-refractivity contribution in [2.24, 2.45) is 11.8 Å². The highest BCUT2D eigenvalue weighted by Gasteiger charge is 2.21. The van der Waals surface area contributed by atoms with Gasteiger partial charge in [-0.15, -0.1) is 0 Å². The Bertz CT molecular complexity index is 200.